The first-order chi connectivity index (χ1) is 10.1. The molecule has 0 saturated carbocycles. The Morgan fingerprint density at radius 1 is 1.29 bits per heavy atom. The summed E-state index contributed by atoms with van der Waals surface area (Å²) in [4.78, 5) is 14.8. The molecule has 1 aliphatic rings. The van der Waals surface area contributed by atoms with Crippen LogP contribution < -0.4 is 5.32 Å². The minimum atomic E-state index is -0.698. The van der Waals surface area contributed by atoms with Gasteiger partial charge in [-0.1, -0.05) is 12.1 Å². The lowest BCUT2D eigenvalue weighted by Crippen LogP contribution is -2.29. The van der Waals surface area contributed by atoms with E-state index in [-0.39, 0.29) is 11.7 Å². The van der Waals surface area contributed by atoms with E-state index in [9.17, 15) is 14.3 Å². The highest BCUT2D eigenvalue weighted by atomic mass is 32.2. The quantitative estimate of drug-likeness (QED) is 0.695. The third-order valence-corrected chi connectivity index (χ3v) is 5.08. The van der Waals surface area contributed by atoms with Crippen molar-refractivity contribution in [2.24, 2.45) is 0 Å². The van der Waals surface area contributed by atoms with Gasteiger partial charge >= 0.3 is 0 Å². The molecule has 7 heteroatoms. The first kappa shape index (κ1) is 13.9. The SMILES string of the molecule is O=[N+]([O-])c1cccc2c(NC3CCS(=O)CC3)ccnc12. The summed E-state index contributed by atoms with van der Waals surface area (Å²) in [5.74, 6) is 1.42. The van der Waals surface area contributed by atoms with Crippen LogP contribution in [0, 0.1) is 10.1 Å². The molecule has 6 nitrogen and oxygen atoms in total. The second-order valence-corrected chi connectivity index (χ2v) is 6.75. The number of aromatic nitrogens is 1. The second kappa shape index (κ2) is 5.77. The number of anilines is 1. The number of para-hydroxylation sites is 1. The van der Waals surface area contributed by atoms with Crippen molar-refractivity contribution in [3.63, 3.8) is 0 Å². The summed E-state index contributed by atoms with van der Waals surface area (Å²) in [5.41, 5.74) is 1.26. The number of pyridine rings is 1. The molecular weight excluding hydrogens is 290 g/mol. The Labute approximate surface area is 124 Å². The van der Waals surface area contributed by atoms with Crippen molar-refractivity contribution in [1.29, 1.82) is 0 Å². The number of hydrogen-bond acceptors (Lipinski definition) is 5. The van der Waals surface area contributed by atoms with Crippen molar-refractivity contribution in [2.45, 2.75) is 18.9 Å². The summed E-state index contributed by atoms with van der Waals surface area (Å²) in [5, 5.41) is 15.2. The van der Waals surface area contributed by atoms with E-state index in [1.54, 1.807) is 12.3 Å². The number of fused-ring (bicyclic) bond motifs is 1. The van der Waals surface area contributed by atoms with Crippen LogP contribution in [0.5, 0.6) is 0 Å². The first-order valence-electron chi connectivity index (χ1n) is 6.79. The van der Waals surface area contributed by atoms with Gasteiger partial charge in [-0.05, 0) is 18.9 Å². The van der Waals surface area contributed by atoms with Crippen molar-refractivity contribution >= 4 is 33.1 Å². The maximum Gasteiger partial charge on any atom is 0.295 e. The van der Waals surface area contributed by atoms with Gasteiger partial charge in [0.2, 0.25) is 0 Å². The van der Waals surface area contributed by atoms with Crippen LogP contribution >= 0.6 is 0 Å². The average molecular weight is 305 g/mol. The highest BCUT2D eigenvalue weighted by Gasteiger charge is 2.19. The summed E-state index contributed by atoms with van der Waals surface area (Å²) in [7, 11) is -0.698. The van der Waals surface area contributed by atoms with Crippen LogP contribution in [0.1, 0.15) is 12.8 Å². The van der Waals surface area contributed by atoms with Crippen LogP contribution in [0.15, 0.2) is 30.5 Å². The molecule has 0 spiro atoms. The van der Waals surface area contributed by atoms with Crippen molar-refractivity contribution < 1.29 is 9.13 Å². The molecule has 0 radical (unpaired) electrons. The molecule has 0 amide bonds. The Kier molecular flexibility index (Phi) is 3.83. The Hall–Kier alpha value is -2.02. The standard InChI is InChI=1S/C14H15N3O3S/c18-17(19)13-3-1-2-11-12(4-7-15-14(11)13)16-10-5-8-21(20)9-6-10/h1-4,7,10H,5-6,8-9H2,(H,15,16). The van der Waals surface area contributed by atoms with E-state index in [0.29, 0.717) is 17.0 Å². The molecule has 3 rings (SSSR count). The molecule has 1 N–H and O–H groups in total. The molecule has 1 fully saturated rings. The Morgan fingerprint density at radius 2 is 2.05 bits per heavy atom. The zero-order chi connectivity index (χ0) is 14.8. The van der Waals surface area contributed by atoms with E-state index >= 15 is 0 Å². The van der Waals surface area contributed by atoms with E-state index in [0.717, 1.165) is 23.9 Å². The Balaban J connectivity index is 1.94. The third kappa shape index (κ3) is 2.87. The fraction of sp³-hybridized carbons (Fsp3) is 0.357. The van der Waals surface area contributed by atoms with E-state index in [1.807, 2.05) is 12.1 Å². The lowest BCUT2D eigenvalue weighted by atomic mass is 10.1. The summed E-state index contributed by atoms with van der Waals surface area (Å²) >= 11 is 0. The summed E-state index contributed by atoms with van der Waals surface area (Å²) in [6.07, 6.45) is 3.29. The average Bonchev–Trinajstić information content (AvgIpc) is 2.49. The highest BCUT2D eigenvalue weighted by molar-refractivity contribution is 7.85. The van der Waals surface area contributed by atoms with Crippen LogP contribution in [-0.2, 0) is 10.8 Å². The van der Waals surface area contributed by atoms with Gasteiger partial charge in [-0.2, -0.15) is 0 Å². The molecule has 1 aromatic heterocycles. The van der Waals surface area contributed by atoms with Gasteiger partial charge in [-0.15, -0.1) is 0 Å². The van der Waals surface area contributed by atoms with Crippen LogP contribution in [0.3, 0.4) is 0 Å². The monoisotopic (exact) mass is 305 g/mol. The van der Waals surface area contributed by atoms with Gasteiger partial charge in [-0.25, -0.2) is 4.98 Å². The Bertz CT molecular complexity index is 710. The number of nitro groups is 1. The minimum Gasteiger partial charge on any atom is -0.382 e. The summed E-state index contributed by atoms with van der Waals surface area (Å²) in [6.45, 7) is 0. The summed E-state index contributed by atoms with van der Waals surface area (Å²) < 4.78 is 11.4. The van der Waals surface area contributed by atoms with Gasteiger partial charge < -0.3 is 5.32 Å². The predicted molar refractivity (Wildman–Crippen MR) is 82.9 cm³/mol. The van der Waals surface area contributed by atoms with E-state index in [4.69, 9.17) is 0 Å². The van der Waals surface area contributed by atoms with Crippen LogP contribution in [0.2, 0.25) is 0 Å². The van der Waals surface area contributed by atoms with Crippen LogP contribution in [0.4, 0.5) is 11.4 Å². The molecular formula is C14H15N3O3S. The fourth-order valence-corrected chi connectivity index (χ4v) is 3.89. The normalized spacial score (nSPS) is 22.1. The molecule has 110 valence electrons. The van der Waals surface area contributed by atoms with Gasteiger partial charge in [0.05, 0.1) is 4.92 Å². The lowest BCUT2D eigenvalue weighted by molar-refractivity contribution is -0.383. The number of benzene rings is 1. The van der Waals surface area contributed by atoms with Crippen molar-refractivity contribution in [3.8, 4) is 0 Å². The molecule has 0 bridgehead atoms. The predicted octanol–water partition coefficient (Wildman–Crippen LogP) is 2.47. The second-order valence-electron chi connectivity index (χ2n) is 5.06. The van der Waals surface area contributed by atoms with Crippen LogP contribution in [-0.4, -0.2) is 31.7 Å². The van der Waals surface area contributed by atoms with Crippen molar-refractivity contribution in [3.05, 3.63) is 40.6 Å². The molecule has 1 saturated heterocycles. The van der Waals surface area contributed by atoms with Crippen molar-refractivity contribution in [1.82, 2.24) is 4.98 Å². The molecule has 21 heavy (non-hydrogen) atoms. The van der Waals surface area contributed by atoms with Gasteiger partial charge in [0.1, 0.15) is 5.52 Å². The van der Waals surface area contributed by atoms with Crippen molar-refractivity contribution in [2.75, 3.05) is 16.8 Å². The van der Waals surface area contributed by atoms with E-state index in [1.165, 1.54) is 6.07 Å². The third-order valence-electron chi connectivity index (χ3n) is 3.69. The Morgan fingerprint density at radius 3 is 2.76 bits per heavy atom. The number of rotatable bonds is 3. The molecule has 1 aromatic carbocycles. The molecule has 0 atom stereocenters. The fourth-order valence-electron chi connectivity index (χ4n) is 2.59. The van der Waals surface area contributed by atoms with Gasteiger partial charge in [0, 0.05) is 51.7 Å². The van der Waals surface area contributed by atoms with Gasteiger partial charge in [-0.3, -0.25) is 14.3 Å². The number of non-ortho nitro benzene ring substituents is 1. The summed E-state index contributed by atoms with van der Waals surface area (Å²) in [6, 6.07) is 7.05. The number of nitrogens with one attached hydrogen (secondary N) is 1. The maximum absolute atomic E-state index is 11.4. The zero-order valence-corrected chi connectivity index (χ0v) is 12.1. The first-order valence-corrected chi connectivity index (χ1v) is 8.27. The smallest absolute Gasteiger partial charge is 0.295 e. The number of nitro benzene ring substituents is 1. The van der Waals surface area contributed by atoms with Gasteiger partial charge in [0.25, 0.3) is 5.69 Å². The molecule has 0 unspecified atom stereocenters. The lowest BCUT2D eigenvalue weighted by Gasteiger charge is -2.24. The molecule has 2 aromatic rings. The van der Waals surface area contributed by atoms with E-state index in [2.05, 4.69) is 10.3 Å². The van der Waals surface area contributed by atoms with Crippen LogP contribution in [0.25, 0.3) is 10.9 Å². The molecule has 2 heterocycles. The zero-order valence-electron chi connectivity index (χ0n) is 11.3. The van der Waals surface area contributed by atoms with Gasteiger partial charge in [0.15, 0.2) is 0 Å². The minimum absolute atomic E-state index is 0.0147. The molecule has 0 aliphatic carbocycles. The maximum atomic E-state index is 11.4. The van der Waals surface area contributed by atoms with E-state index < -0.39 is 15.7 Å². The number of nitrogens with zero attached hydrogens (tertiary/aromatic N) is 2. The highest BCUT2D eigenvalue weighted by Crippen LogP contribution is 2.29. The largest absolute Gasteiger partial charge is 0.382 e. The topological polar surface area (TPSA) is 85.1 Å². The molecule has 1 aliphatic heterocycles. The number of hydrogen-bond donors (Lipinski definition) is 1.